The van der Waals surface area contributed by atoms with E-state index >= 15 is 0 Å². The number of amides is 2. The Morgan fingerprint density at radius 3 is 2.33 bits per heavy atom. The molecule has 1 saturated heterocycles. The summed E-state index contributed by atoms with van der Waals surface area (Å²) in [6.07, 6.45) is 1.78. The maximum absolute atomic E-state index is 12.5. The fourth-order valence-electron chi connectivity index (χ4n) is 2.26. The summed E-state index contributed by atoms with van der Waals surface area (Å²) in [4.78, 5) is 47.0. The molecule has 0 spiro atoms. The molecule has 1 aromatic carbocycles. The van der Waals surface area contributed by atoms with Crippen LogP contribution < -0.4 is 14.8 Å². The first-order valence-electron chi connectivity index (χ1n) is 7.40. The second kappa shape index (κ2) is 12.4. The van der Waals surface area contributed by atoms with Gasteiger partial charge in [0.2, 0.25) is 5.91 Å². The zero-order valence-corrected chi connectivity index (χ0v) is 18.2. The number of benzene rings is 1. The van der Waals surface area contributed by atoms with E-state index in [1.165, 1.54) is 44.6 Å². The van der Waals surface area contributed by atoms with Gasteiger partial charge in [-0.15, -0.1) is 0 Å². The summed E-state index contributed by atoms with van der Waals surface area (Å²) in [6.45, 7) is 1.56. The van der Waals surface area contributed by atoms with E-state index in [9.17, 15) is 19.2 Å². The number of nitrogens with one attached hydrogen (secondary N) is 1. The van der Waals surface area contributed by atoms with Crippen LogP contribution in [0.3, 0.4) is 0 Å². The molecule has 1 aliphatic rings. The van der Waals surface area contributed by atoms with E-state index in [-0.39, 0.29) is 55.2 Å². The number of nitrogens with zero attached hydrogens (tertiary/aromatic N) is 1. The fourth-order valence-corrected chi connectivity index (χ4v) is 2.26. The smallest absolute Gasteiger partial charge is 0.308 e. The van der Waals surface area contributed by atoms with Crippen LogP contribution in [0, 0.1) is 0 Å². The number of thiol groups is 1. The zero-order valence-electron chi connectivity index (χ0n) is 14.9. The Kier molecular flexibility index (Phi) is 11.6. The van der Waals surface area contributed by atoms with Gasteiger partial charge in [-0.2, -0.15) is 0 Å². The van der Waals surface area contributed by atoms with Crippen molar-refractivity contribution in [3.05, 3.63) is 17.7 Å². The molecule has 1 aliphatic heterocycles. The van der Waals surface area contributed by atoms with E-state index < -0.39 is 11.9 Å². The number of ether oxygens (including phenoxy) is 2. The molecule has 0 bridgehead atoms. The summed E-state index contributed by atoms with van der Waals surface area (Å²) in [5.74, 6) is -0.814. The summed E-state index contributed by atoms with van der Waals surface area (Å²) in [5, 5.41) is 2.27. The minimum Gasteiger partial charge on any atom is -0.493 e. The van der Waals surface area contributed by atoms with Gasteiger partial charge in [-0.3, -0.25) is 14.4 Å². The van der Waals surface area contributed by atoms with Gasteiger partial charge in [0, 0.05) is 47.1 Å². The first kappa shape index (κ1) is 25.1. The van der Waals surface area contributed by atoms with Crippen molar-refractivity contribution < 1.29 is 52.9 Å². The van der Waals surface area contributed by atoms with Crippen molar-refractivity contribution in [2.75, 3.05) is 32.6 Å². The Morgan fingerprint density at radius 2 is 1.89 bits per heavy atom. The van der Waals surface area contributed by atoms with Crippen LogP contribution in [-0.4, -0.2) is 56.3 Å². The van der Waals surface area contributed by atoms with Gasteiger partial charge in [0.15, 0.2) is 17.3 Å². The number of anilines is 1. The Morgan fingerprint density at radius 1 is 1.26 bits per heavy atom. The molecule has 1 aromatic rings. The van der Waals surface area contributed by atoms with Crippen LogP contribution >= 0.6 is 12.9 Å². The maximum atomic E-state index is 12.5. The molecule has 1 radical (unpaired) electrons. The average molecular weight is 576 g/mol. The monoisotopic (exact) mass is 576 g/mol. The SMILES string of the molecule is COS.COc1cc(C(=O)N2CCC(=O)C2)c(N[C-]=O)cc1OC(C)=O.[Ir]. The number of rotatable bonds is 5. The number of methoxy groups -OCH3 is 1. The second-order valence-electron chi connectivity index (χ2n) is 5.07. The van der Waals surface area contributed by atoms with Crippen LogP contribution in [0.25, 0.3) is 0 Å². The minimum absolute atomic E-state index is 0. The van der Waals surface area contributed by atoms with Crippen molar-refractivity contribution in [3.63, 3.8) is 0 Å². The summed E-state index contributed by atoms with van der Waals surface area (Å²) < 4.78 is 14.0. The summed E-state index contributed by atoms with van der Waals surface area (Å²) in [7, 11) is 2.85. The Hall–Kier alpha value is -1.94. The molecule has 1 fully saturated rings. The molecular weight excluding hydrogens is 556 g/mol. The van der Waals surface area contributed by atoms with Crippen molar-refractivity contribution in [1.29, 1.82) is 0 Å². The summed E-state index contributed by atoms with van der Waals surface area (Å²) in [6, 6.07) is 2.65. The molecule has 11 heteroatoms. The molecule has 0 aliphatic carbocycles. The van der Waals surface area contributed by atoms with Gasteiger partial charge < -0.3 is 28.7 Å². The van der Waals surface area contributed by atoms with Crippen LogP contribution in [-0.2, 0) is 38.7 Å². The van der Waals surface area contributed by atoms with Crippen LogP contribution in [0.2, 0.25) is 0 Å². The third-order valence-electron chi connectivity index (χ3n) is 3.29. The van der Waals surface area contributed by atoms with Crippen molar-refractivity contribution in [2.24, 2.45) is 0 Å². The average Bonchev–Trinajstić information content (AvgIpc) is 3.01. The number of hydrogen-bond acceptors (Lipinski definition) is 8. The number of ketones is 1. The third-order valence-corrected chi connectivity index (χ3v) is 3.29. The molecule has 9 nitrogen and oxygen atoms in total. The first-order valence-corrected chi connectivity index (χ1v) is 7.76. The van der Waals surface area contributed by atoms with Crippen molar-refractivity contribution >= 4 is 42.7 Å². The molecule has 1 N–H and O–H groups in total. The van der Waals surface area contributed by atoms with Gasteiger partial charge in [-0.05, 0) is 24.5 Å². The molecule has 151 valence electrons. The number of hydrogen-bond donors (Lipinski definition) is 2. The molecular formula is C16H19IrN2O7S-. The van der Waals surface area contributed by atoms with E-state index in [0.717, 1.165) is 0 Å². The predicted octanol–water partition coefficient (Wildman–Crippen LogP) is 0.990. The van der Waals surface area contributed by atoms with Gasteiger partial charge in [0.25, 0.3) is 0 Å². The van der Waals surface area contributed by atoms with Crippen LogP contribution in [0.5, 0.6) is 11.5 Å². The topological polar surface area (TPSA) is 111 Å². The van der Waals surface area contributed by atoms with Gasteiger partial charge in [-0.1, -0.05) is 11.8 Å². The fraction of sp³-hybridized carbons (Fsp3) is 0.375. The van der Waals surface area contributed by atoms with Crippen molar-refractivity contribution in [3.8, 4) is 11.5 Å². The van der Waals surface area contributed by atoms with Gasteiger partial charge in [0.05, 0.1) is 20.1 Å². The van der Waals surface area contributed by atoms with Gasteiger partial charge >= 0.3 is 5.97 Å². The molecule has 0 saturated carbocycles. The van der Waals surface area contributed by atoms with E-state index in [2.05, 4.69) is 22.4 Å². The predicted molar refractivity (Wildman–Crippen MR) is 95.1 cm³/mol. The standard InChI is InChI=1S/C15H15N2O6.CH4OS.Ir/c1-9(19)23-14-6-12(16-8-18)11(5-13(14)22-2)15(21)17-4-3-10(20)7-17;1-2-3;/h5-6H,3-4,7H2,1-2H3,(H,16,18);3H,1H3;/q-1;;. The first-order chi connectivity index (χ1) is 12.4. The van der Waals surface area contributed by atoms with Crippen LogP contribution in [0.1, 0.15) is 23.7 Å². The van der Waals surface area contributed by atoms with Gasteiger partial charge in [-0.25, -0.2) is 0 Å². The van der Waals surface area contributed by atoms with E-state index in [4.69, 9.17) is 9.47 Å². The number of esters is 1. The molecule has 0 atom stereocenters. The van der Waals surface area contributed by atoms with E-state index in [1.54, 1.807) is 0 Å². The quantitative estimate of drug-likeness (QED) is 0.135. The van der Waals surface area contributed by atoms with Crippen molar-refractivity contribution in [2.45, 2.75) is 13.3 Å². The Bertz CT molecular complexity index is 700. The summed E-state index contributed by atoms with van der Waals surface area (Å²) in [5.41, 5.74) is 0.234. The normalized spacial score (nSPS) is 12.3. The number of carbonyl (C=O) groups excluding carboxylic acids is 4. The molecule has 0 unspecified atom stereocenters. The van der Waals surface area contributed by atoms with E-state index in [1.807, 2.05) is 0 Å². The third kappa shape index (κ3) is 7.30. The minimum atomic E-state index is -0.575. The van der Waals surface area contributed by atoms with Crippen molar-refractivity contribution in [1.82, 2.24) is 4.90 Å². The molecule has 2 amide bonds. The molecule has 2 rings (SSSR count). The Balaban J connectivity index is 0.00000158. The summed E-state index contributed by atoms with van der Waals surface area (Å²) >= 11 is 3.29. The largest absolute Gasteiger partial charge is 0.493 e. The van der Waals surface area contributed by atoms with E-state index in [0.29, 0.717) is 13.0 Å². The van der Waals surface area contributed by atoms with Crippen LogP contribution in [0.4, 0.5) is 5.69 Å². The van der Waals surface area contributed by atoms with Crippen LogP contribution in [0.15, 0.2) is 12.1 Å². The number of likely N-dealkylation sites (tertiary alicyclic amines) is 1. The number of Topliss-reactive ketones (excluding diaryl/α,β-unsaturated/α-hetero) is 1. The zero-order chi connectivity index (χ0) is 19.7. The van der Waals surface area contributed by atoms with Gasteiger partial charge in [0.1, 0.15) is 0 Å². The molecule has 27 heavy (non-hydrogen) atoms. The second-order valence-corrected chi connectivity index (χ2v) is 5.43. The maximum Gasteiger partial charge on any atom is 0.308 e. The molecule has 0 aromatic heterocycles. The Labute approximate surface area is 175 Å². The number of carbonyl (C=O) groups is 3. The molecule has 1 heterocycles.